The van der Waals surface area contributed by atoms with Gasteiger partial charge in [0.15, 0.2) is 0 Å². The van der Waals surface area contributed by atoms with Crippen LogP contribution in [0.3, 0.4) is 0 Å². The first-order chi connectivity index (χ1) is 20.4. The summed E-state index contributed by atoms with van der Waals surface area (Å²) in [5.41, 5.74) is 5.15. The summed E-state index contributed by atoms with van der Waals surface area (Å²) in [5, 5.41) is 10.9. The molecular formula is C34H40ClN3O4. The van der Waals surface area contributed by atoms with Gasteiger partial charge in [0.05, 0.1) is 13.5 Å². The molecule has 0 saturated carbocycles. The minimum Gasteiger partial charge on any atom is -0.497 e. The standard InChI is InChI=1S/C34H40ClN3O4/c1-25-30(31-21-29(41-2)13-14-32(31)38(25)23-26-9-11-28(35)12-10-26)22-34(40)42-33(27-7-4-3-5-8-27)24-37-18-16-36(17-19-37)15-6-20-39/h3-5,7-14,21,33,39H,6,15-20,22-24H2,1-2H3. The van der Waals surface area contributed by atoms with Crippen molar-refractivity contribution in [1.29, 1.82) is 0 Å². The molecule has 3 aromatic carbocycles. The molecule has 1 atom stereocenters. The molecule has 7 nitrogen and oxygen atoms in total. The van der Waals surface area contributed by atoms with E-state index in [4.69, 9.17) is 26.2 Å². The molecule has 5 rings (SSSR count). The van der Waals surface area contributed by atoms with Crippen LogP contribution in [0.1, 0.15) is 34.9 Å². The number of piperazine rings is 1. The lowest BCUT2D eigenvalue weighted by atomic mass is 10.1. The van der Waals surface area contributed by atoms with Crippen LogP contribution in [0, 0.1) is 6.92 Å². The Morgan fingerprint density at radius 2 is 1.69 bits per heavy atom. The average Bonchev–Trinajstić information content (AvgIpc) is 3.27. The van der Waals surface area contributed by atoms with Gasteiger partial charge in [-0.3, -0.25) is 9.69 Å². The lowest BCUT2D eigenvalue weighted by Crippen LogP contribution is -2.48. The fourth-order valence-electron chi connectivity index (χ4n) is 5.80. The number of aliphatic hydroxyl groups excluding tert-OH is 1. The first-order valence-corrected chi connectivity index (χ1v) is 15.0. The highest BCUT2D eigenvalue weighted by molar-refractivity contribution is 6.30. The number of hydrogen-bond acceptors (Lipinski definition) is 6. The van der Waals surface area contributed by atoms with Crippen molar-refractivity contribution < 1.29 is 19.4 Å². The molecule has 1 N–H and O–H groups in total. The van der Waals surface area contributed by atoms with Gasteiger partial charge in [-0.15, -0.1) is 0 Å². The van der Waals surface area contributed by atoms with Gasteiger partial charge in [-0.1, -0.05) is 54.1 Å². The largest absolute Gasteiger partial charge is 0.497 e. The Hall–Kier alpha value is -3.36. The molecule has 222 valence electrons. The molecule has 1 aliphatic rings. The zero-order chi connectivity index (χ0) is 29.5. The number of carbonyl (C=O) groups excluding carboxylic acids is 1. The molecule has 8 heteroatoms. The molecule has 0 radical (unpaired) electrons. The first-order valence-electron chi connectivity index (χ1n) is 14.7. The van der Waals surface area contributed by atoms with Crippen molar-refractivity contribution in [2.75, 3.05) is 53.0 Å². The second-order valence-electron chi connectivity index (χ2n) is 10.9. The van der Waals surface area contributed by atoms with Gasteiger partial charge >= 0.3 is 5.97 Å². The van der Waals surface area contributed by atoms with Crippen LogP contribution in [0.5, 0.6) is 5.75 Å². The molecule has 2 heterocycles. The van der Waals surface area contributed by atoms with Crippen LogP contribution < -0.4 is 4.74 Å². The van der Waals surface area contributed by atoms with Crippen molar-refractivity contribution in [3.63, 3.8) is 0 Å². The predicted molar refractivity (Wildman–Crippen MR) is 167 cm³/mol. The fourth-order valence-corrected chi connectivity index (χ4v) is 5.93. The smallest absolute Gasteiger partial charge is 0.311 e. The number of ether oxygens (including phenoxy) is 2. The summed E-state index contributed by atoms with van der Waals surface area (Å²) >= 11 is 6.12. The molecule has 42 heavy (non-hydrogen) atoms. The van der Waals surface area contributed by atoms with Crippen molar-refractivity contribution >= 4 is 28.5 Å². The quantitative estimate of drug-likeness (QED) is 0.221. The molecule has 1 aromatic heterocycles. The molecule has 1 unspecified atom stereocenters. The van der Waals surface area contributed by atoms with E-state index in [1.54, 1.807) is 7.11 Å². The second-order valence-corrected chi connectivity index (χ2v) is 11.4. The average molecular weight is 590 g/mol. The molecule has 1 aliphatic heterocycles. The third kappa shape index (κ3) is 7.34. The third-order valence-corrected chi connectivity index (χ3v) is 8.45. The van der Waals surface area contributed by atoms with E-state index in [1.165, 1.54) is 0 Å². The lowest BCUT2D eigenvalue weighted by Gasteiger charge is -2.36. The van der Waals surface area contributed by atoms with Crippen LogP contribution in [0.25, 0.3) is 10.9 Å². The van der Waals surface area contributed by atoms with Crippen molar-refractivity contribution in [3.8, 4) is 5.75 Å². The second kappa shape index (κ2) is 14.2. The van der Waals surface area contributed by atoms with E-state index in [0.29, 0.717) is 18.1 Å². The molecule has 0 aliphatic carbocycles. The SMILES string of the molecule is COc1ccc2c(c1)c(CC(=O)OC(CN1CCN(CCCO)CC1)c1ccccc1)c(C)n2Cc1ccc(Cl)cc1. The highest BCUT2D eigenvalue weighted by Gasteiger charge is 2.25. The van der Waals surface area contributed by atoms with Gasteiger partial charge in [0, 0.05) is 74.0 Å². The molecule has 1 saturated heterocycles. The van der Waals surface area contributed by atoms with Gasteiger partial charge in [0.2, 0.25) is 0 Å². The minimum atomic E-state index is -0.361. The van der Waals surface area contributed by atoms with Crippen LogP contribution in [-0.4, -0.2) is 78.4 Å². The summed E-state index contributed by atoms with van der Waals surface area (Å²) in [6, 6.07) is 23.9. The van der Waals surface area contributed by atoms with E-state index in [0.717, 1.165) is 78.2 Å². The Bertz CT molecular complexity index is 1460. The summed E-state index contributed by atoms with van der Waals surface area (Å²) in [6.07, 6.45) is 0.604. The van der Waals surface area contributed by atoms with Crippen LogP contribution >= 0.6 is 11.6 Å². The number of nitrogens with zero attached hydrogens (tertiary/aromatic N) is 3. The van der Waals surface area contributed by atoms with Crippen molar-refractivity contribution in [1.82, 2.24) is 14.4 Å². The zero-order valence-corrected chi connectivity index (χ0v) is 25.2. The number of halogens is 1. The fraction of sp³-hybridized carbons (Fsp3) is 0.382. The first kappa shape index (κ1) is 30.1. The molecule has 0 spiro atoms. The number of hydrogen-bond donors (Lipinski definition) is 1. The Balaban J connectivity index is 1.36. The van der Waals surface area contributed by atoms with Crippen LogP contribution in [0.2, 0.25) is 5.02 Å². The maximum absolute atomic E-state index is 13.6. The maximum Gasteiger partial charge on any atom is 0.311 e. The van der Waals surface area contributed by atoms with Crippen molar-refractivity contribution in [2.45, 2.75) is 32.4 Å². The summed E-state index contributed by atoms with van der Waals surface area (Å²) < 4.78 is 14.0. The van der Waals surface area contributed by atoms with E-state index in [1.807, 2.05) is 66.7 Å². The van der Waals surface area contributed by atoms with E-state index >= 15 is 0 Å². The van der Waals surface area contributed by atoms with Gasteiger partial charge in [0.1, 0.15) is 11.9 Å². The van der Waals surface area contributed by atoms with Gasteiger partial charge in [0.25, 0.3) is 0 Å². The highest BCUT2D eigenvalue weighted by Crippen LogP contribution is 2.32. The Kier molecular flexibility index (Phi) is 10.2. The van der Waals surface area contributed by atoms with Gasteiger partial charge in [-0.05, 0) is 60.4 Å². The van der Waals surface area contributed by atoms with Crippen molar-refractivity contribution in [3.05, 3.63) is 100 Å². The number of carbonyl (C=O) groups is 1. The number of fused-ring (bicyclic) bond motifs is 1. The molecule has 1 fully saturated rings. The monoisotopic (exact) mass is 589 g/mol. The molecule has 0 bridgehead atoms. The van der Waals surface area contributed by atoms with E-state index < -0.39 is 0 Å². The van der Waals surface area contributed by atoms with E-state index in [-0.39, 0.29) is 25.1 Å². The van der Waals surface area contributed by atoms with Crippen LogP contribution in [-0.2, 0) is 22.5 Å². The van der Waals surface area contributed by atoms with Crippen LogP contribution in [0.15, 0.2) is 72.8 Å². The number of aliphatic hydroxyl groups is 1. The Morgan fingerprint density at radius 3 is 2.38 bits per heavy atom. The van der Waals surface area contributed by atoms with Gasteiger partial charge < -0.3 is 24.0 Å². The third-order valence-electron chi connectivity index (χ3n) is 8.20. The maximum atomic E-state index is 13.6. The summed E-state index contributed by atoms with van der Waals surface area (Å²) in [5.74, 6) is 0.503. The predicted octanol–water partition coefficient (Wildman–Crippen LogP) is 5.49. The van der Waals surface area contributed by atoms with Gasteiger partial charge in [-0.2, -0.15) is 0 Å². The normalized spacial score (nSPS) is 15.1. The lowest BCUT2D eigenvalue weighted by molar-refractivity contribution is -0.149. The number of benzene rings is 3. The number of rotatable bonds is 12. The highest BCUT2D eigenvalue weighted by atomic mass is 35.5. The van der Waals surface area contributed by atoms with Crippen molar-refractivity contribution in [2.24, 2.45) is 0 Å². The van der Waals surface area contributed by atoms with E-state index in [9.17, 15) is 4.79 Å². The minimum absolute atomic E-state index is 0.168. The summed E-state index contributed by atoms with van der Waals surface area (Å²) in [6.45, 7) is 8.22. The number of aromatic nitrogens is 1. The number of esters is 1. The van der Waals surface area contributed by atoms with E-state index in [2.05, 4.69) is 27.4 Å². The zero-order valence-electron chi connectivity index (χ0n) is 24.5. The topological polar surface area (TPSA) is 67.2 Å². The Morgan fingerprint density at radius 1 is 0.976 bits per heavy atom. The molecule has 4 aromatic rings. The summed E-state index contributed by atoms with van der Waals surface area (Å²) in [7, 11) is 1.66. The summed E-state index contributed by atoms with van der Waals surface area (Å²) in [4.78, 5) is 18.4. The molecule has 0 amide bonds. The molecular weight excluding hydrogens is 550 g/mol. The number of methoxy groups -OCH3 is 1. The van der Waals surface area contributed by atoms with Gasteiger partial charge in [-0.25, -0.2) is 0 Å². The Labute approximate surface area is 253 Å². The van der Waals surface area contributed by atoms with Crippen LogP contribution in [0.4, 0.5) is 0 Å².